The summed E-state index contributed by atoms with van der Waals surface area (Å²) in [5, 5.41) is 11.1. The summed E-state index contributed by atoms with van der Waals surface area (Å²) in [6.07, 6.45) is 0. The van der Waals surface area contributed by atoms with E-state index >= 15 is 0 Å². The molecule has 1 unspecified atom stereocenters. The fraction of sp³-hybridized carbons (Fsp3) is 0.278. The maximum atomic E-state index is 12.3. The number of esters is 1. The van der Waals surface area contributed by atoms with Crippen LogP contribution in [0.2, 0.25) is 0 Å². The third-order valence-electron chi connectivity index (χ3n) is 4.64. The van der Waals surface area contributed by atoms with Gasteiger partial charge in [-0.05, 0) is 49.9 Å². The van der Waals surface area contributed by atoms with E-state index in [9.17, 15) is 9.90 Å². The first-order chi connectivity index (χ1) is 9.88. The maximum Gasteiger partial charge on any atom is 0.342 e. The normalized spacial score (nSPS) is 20.3. The van der Waals surface area contributed by atoms with Crippen LogP contribution in [-0.2, 0) is 10.5 Å². The SMILES string of the molecule is Cc1c(C)c(C)c2c(c1C)C(=O)OC2(O)c1ccccc1. The van der Waals surface area contributed by atoms with Crippen LogP contribution >= 0.6 is 0 Å². The van der Waals surface area contributed by atoms with E-state index in [4.69, 9.17) is 4.74 Å². The molecule has 108 valence electrons. The Morgan fingerprint density at radius 3 is 2.10 bits per heavy atom. The monoisotopic (exact) mass is 282 g/mol. The molecule has 0 bridgehead atoms. The molecule has 0 spiro atoms. The Labute approximate surface area is 124 Å². The Hall–Kier alpha value is -2.13. The second-order valence-corrected chi connectivity index (χ2v) is 5.65. The van der Waals surface area contributed by atoms with Gasteiger partial charge < -0.3 is 9.84 Å². The number of carbonyl (C=O) groups is 1. The van der Waals surface area contributed by atoms with Gasteiger partial charge >= 0.3 is 5.97 Å². The fourth-order valence-corrected chi connectivity index (χ4v) is 3.09. The highest BCUT2D eigenvalue weighted by Crippen LogP contribution is 2.44. The molecule has 2 aromatic rings. The summed E-state index contributed by atoms with van der Waals surface area (Å²) in [6.45, 7) is 7.83. The zero-order chi connectivity index (χ0) is 15.4. The van der Waals surface area contributed by atoms with Crippen molar-refractivity contribution in [1.29, 1.82) is 0 Å². The molecule has 1 aliphatic rings. The zero-order valence-electron chi connectivity index (χ0n) is 12.7. The van der Waals surface area contributed by atoms with E-state index in [0.717, 1.165) is 22.3 Å². The van der Waals surface area contributed by atoms with Gasteiger partial charge in [-0.15, -0.1) is 0 Å². The lowest BCUT2D eigenvalue weighted by Crippen LogP contribution is -2.28. The first-order valence-electron chi connectivity index (χ1n) is 7.00. The summed E-state index contributed by atoms with van der Waals surface area (Å²) in [5.41, 5.74) is 5.60. The minimum atomic E-state index is -1.69. The lowest BCUT2D eigenvalue weighted by atomic mass is 9.84. The molecular weight excluding hydrogens is 264 g/mol. The number of hydrogen-bond donors (Lipinski definition) is 1. The average molecular weight is 282 g/mol. The molecule has 0 aliphatic carbocycles. The van der Waals surface area contributed by atoms with E-state index < -0.39 is 11.8 Å². The number of carbonyl (C=O) groups excluding carboxylic acids is 1. The molecule has 1 heterocycles. The van der Waals surface area contributed by atoms with Gasteiger partial charge in [-0.2, -0.15) is 0 Å². The first-order valence-corrected chi connectivity index (χ1v) is 7.00. The van der Waals surface area contributed by atoms with Crippen LogP contribution in [0, 0.1) is 27.7 Å². The quantitative estimate of drug-likeness (QED) is 0.816. The first kappa shape index (κ1) is 13.8. The van der Waals surface area contributed by atoms with Crippen molar-refractivity contribution in [3.05, 3.63) is 69.3 Å². The van der Waals surface area contributed by atoms with E-state index in [1.807, 2.05) is 45.9 Å². The number of aliphatic hydroxyl groups is 1. The summed E-state index contributed by atoms with van der Waals surface area (Å²) in [5.74, 6) is -2.15. The summed E-state index contributed by atoms with van der Waals surface area (Å²) < 4.78 is 5.39. The molecule has 0 fully saturated rings. The number of hydrogen-bond acceptors (Lipinski definition) is 3. The van der Waals surface area contributed by atoms with Gasteiger partial charge in [0, 0.05) is 11.1 Å². The van der Waals surface area contributed by atoms with Gasteiger partial charge in [0.15, 0.2) is 0 Å². The van der Waals surface area contributed by atoms with Crippen LogP contribution < -0.4 is 0 Å². The Balaban J connectivity index is 2.38. The number of rotatable bonds is 1. The van der Waals surface area contributed by atoms with Crippen molar-refractivity contribution in [2.45, 2.75) is 33.5 Å². The summed E-state index contributed by atoms with van der Waals surface area (Å²) in [6, 6.07) is 9.05. The van der Waals surface area contributed by atoms with Crippen molar-refractivity contribution in [2.24, 2.45) is 0 Å². The van der Waals surface area contributed by atoms with E-state index in [2.05, 4.69) is 0 Å². The van der Waals surface area contributed by atoms with Crippen LogP contribution in [0.15, 0.2) is 30.3 Å². The standard InChI is InChI=1S/C18H18O3/c1-10-11(2)13(4)16-15(12(10)3)17(19)21-18(16,20)14-8-6-5-7-9-14/h5-9,20H,1-4H3. The van der Waals surface area contributed by atoms with E-state index in [1.54, 1.807) is 12.1 Å². The molecule has 1 N–H and O–H groups in total. The van der Waals surface area contributed by atoms with Crippen molar-refractivity contribution in [3.8, 4) is 0 Å². The van der Waals surface area contributed by atoms with Crippen molar-refractivity contribution >= 4 is 5.97 Å². The van der Waals surface area contributed by atoms with Gasteiger partial charge in [0.05, 0.1) is 5.56 Å². The molecule has 0 aromatic heterocycles. The molecule has 0 saturated heterocycles. The lowest BCUT2D eigenvalue weighted by Gasteiger charge is -2.25. The van der Waals surface area contributed by atoms with Crippen LogP contribution in [0.1, 0.15) is 43.7 Å². The van der Waals surface area contributed by atoms with Crippen LogP contribution in [0.3, 0.4) is 0 Å². The number of cyclic esters (lactones) is 1. The second kappa shape index (κ2) is 4.43. The summed E-state index contributed by atoms with van der Waals surface area (Å²) >= 11 is 0. The highest BCUT2D eigenvalue weighted by molar-refractivity contribution is 5.97. The molecular formula is C18H18O3. The zero-order valence-corrected chi connectivity index (χ0v) is 12.7. The molecule has 0 amide bonds. The topological polar surface area (TPSA) is 46.5 Å². The molecule has 3 rings (SSSR count). The van der Waals surface area contributed by atoms with E-state index in [0.29, 0.717) is 16.7 Å². The maximum absolute atomic E-state index is 12.3. The minimum Gasteiger partial charge on any atom is -0.421 e. The highest BCUT2D eigenvalue weighted by Gasteiger charge is 2.48. The van der Waals surface area contributed by atoms with Crippen LogP contribution in [-0.4, -0.2) is 11.1 Å². The summed E-state index contributed by atoms with van der Waals surface area (Å²) in [7, 11) is 0. The van der Waals surface area contributed by atoms with Gasteiger partial charge in [-0.1, -0.05) is 30.3 Å². The Morgan fingerprint density at radius 2 is 1.48 bits per heavy atom. The lowest BCUT2D eigenvalue weighted by molar-refractivity contribution is -0.129. The molecule has 0 saturated carbocycles. The molecule has 0 radical (unpaired) electrons. The van der Waals surface area contributed by atoms with Gasteiger partial charge in [-0.3, -0.25) is 0 Å². The Bertz CT molecular complexity index is 747. The third kappa shape index (κ3) is 1.74. The smallest absolute Gasteiger partial charge is 0.342 e. The molecule has 2 aromatic carbocycles. The average Bonchev–Trinajstić information content (AvgIpc) is 2.76. The predicted molar refractivity (Wildman–Crippen MR) is 80.2 cm³/mol. The third-order valence-corrected chi connectivity index (χ3v) is 4.64. The molecule has 1 atom stereocenters. The number of benzene rings is 2. The van der Waals surface area contributed by atoms with Crippen LogP contribution in [0.25, 0.3) is 0 Å². The molecule has 3 heteroatoms. The van der Waals surface area contributed by atoms with Crippen LogP contribution in [0.4, 0.5) is 0 Å². The van der Waals surface area contributed by atoms with Crippen molar-refractivity contribution in [3.63, 3.8) is 0 Å². The summed E-state index contributed by atoms with van der Waals surface area (Å²) in [4.78, 5) is 12.3. The largest absolute Gasteiger partial charge is 0.421 e. The van der Waals surface area contributed by atoms with Gasteiger partial charge in [0.1, 0.15) is 0 Å². The van der Waals surface area contributed by atoms with Gasteiger partial charge in [0.2, 0.25) is 0 Å². The number of fused-ring (bicyclic) bond motifs is 1. The highest BCUT2D eigenvalue weighted by atomic mass is 16.7. The predicted octanol–water partition coefficient (Wildman–Crippen LogP) is 3.28. The van der Waals surface area contributed by atoms with Crippen molar-refractivity contribution < 1.29 is 14.6 Å². The molecule has 1 aliphatic heterocycles. The van der Waals surface area contributed by atoms with Crippen molar-refractivity contribution in [1.82, 2.24) is 0 Å². The Morgan fingerprint density at radius 1 is 0.905 bits per heavy atom. The van der Waals surface area contributed by atoms with Gasteiger partial charge in [0.25, 0.3) is 5.79 Å². The number of ether oxygens (including phenoxy) is 1. The van der Waals surface area contributed by atoms with E-state index in [1.165, 1.54) is 0 Å². The van der Waals surface area contributed by atoms with Gasteiger partial charge in [-0.25, -0.2) is 4.79 Å². The molecule has 3 nitrogen and oxygen atoms in total. The molecule has 21 heavy (non-hydrogen) atoms. The van der Waals surface area contributed by atoms with Crippen molar-refractivity contribution in [2.75, 3.05) is 0 Å². The fourth-order valence-electron chi connectivity index (χ4n) is 3.09. The minimum absolute atomic E-state index is 0.458. The van der Waals surface area contributed by atoms with Crippen LogP contribution in [0.5, 0.6) is 0 Å². The Kier molecular flexibility index (Phi) is 2.92. The second-order valence-electron chi connectivity index (χ2n) is 5.65. The van der Waals surface area contributed by atoms with E-state index in [-0.39, 0.29) is 0 Å².